The van der Waals surface area contributed by atoms with Gasteiger partial charge in [0, 0.05) is 13.8 Å². The van der Waals surface area contributed by atoms with E-state index in [1.807, 2.05) is 194 Å². The van der Waals surface area contributed by atoms with E-state index in [0.717, 1.165) is 89.0 Å². The maximum atomic E-state index is 12.4. The van der Waals surface area contributed by atoms with E-state index in [9.17, 15) is 30.0 Å². The molecule has 0 saturated carbocycles. The minimum absolute atomic E-state index is 0.211. The van der Waals surface area contributed by atoms with Crippen molar-refractivity contribution in [2.75, 3.05) is 13.2 Å². The molecule has 8 nitrogen and oxygen atoms in total. The maximum Gasteiger partial charge on any atom is 0.302 e. The van der Waals surface area contributed by atoms with Crippen molar-refractivity contribution in [1.82, 2.24) is 0 Å². The maximum absolute atomic E-state index is 12.4. The number of ether oxygens (including phenoxy) is 2. The van der Waals surface area contributed by atoms with Crippen molar-refractivity contribution in [1.29, 1.82) is 0 Å². The van der Waals surface area contributed by atoms with Crippen LogP contribution >= 0.6 is 0 Å². The fraction of sp³-hybridized carbons (Fsp3) is 0.167. The van der Waals surface area contributed by atoms with Gasteiger partial charge in [-0.15, -0.1) is 0 Å². The largest absolute Gasteiger partial charge is 0.466 e. The van der Waals surface area contributed by atoms with E-state index in [0.29, 0.717) is 13.2 Å². The van der Waals surface area contributed by atoms with Crippen molar-refractivity contribution >= 4 is 11.9 Å². The highest BCUT2D eigenvalue weighted by molar-refractivity contribution is 5.89. The molecule has 0 saturated heterocycles. The lowest BCUT2D eigenvalue weighted by molar-refractivity contribution is -0.141. The van der Waals surface area contributed by atoms with E-state index in [2.05, 4.69) is 9.47 Å². The first-order valence-corrected chi connectivity index (χ1v) is 22.8. The Morgan fingerprint density at radius 2 is 0.441 bits per heavy atom. The Bertz CT molecular complexity index is 2610. The highest BCUT2D eigenvalue weighted by atomic mass is 16.5. The van der Waals surface area contributed by atoms with Gasteiger partial charge in [0.05, 0.1) is 13.2 Å². The van der Waals surface area contributed by atoms with E-state index in [1.165, 1.54) is 13.8 Å². The van der Waals surface area contributed by atoms with Crippen LogP contribution in [0.25, 0.3) is 44.5 Å². The van der Waals surface area contributed by atoms with Crippen LogP contribution in [-0.4, -0.2) is 45.6 Å². The molecule has 0 unspecified atom stereocenters. The van der Waals surface area contributed by atoms with Crippen molar-refractivity contribution in [2.24, 2.45) is 0 Å². The number of carbonyl (C=O) groups excluding carboxylic acids is 2. The van der Waals surface area contributed by atoms with E-state index in [1.54, 1.807) is 13.8 Å². The third-order valence-electron chi connectivity index (χ3n) is 13.4. The first-order chi connectivity index (χ1) is 32.9. The number of hydrogen-bond donors (Lipinski definition) is 4. The number of hydrogen-bond acceptors (Lipinski definition) is 8. The van der Waals surface area contributed by atoms with Gasteiger partial charge in [-0.2, -0.15) is 0 Å². The summed E-state index contributed by atoms with van der Waals surface area (Å²) in [7, 11) is 0. The summed E-state index contributed by atoms with van der Waals surface area (Å²) in [5.41, 5.74) is 7.35. The van der Waals surface area contributed by atoms with Crippen molar-refractivity contribution in [3.8, 4) is 44.5 Å². The van der Waals surface area contributed by atoms with Crippen molar-refractivity contribution < 1.29 is 39.5 Å². The van der Waals surface area contributed by atoms with Crippen LogP contribution in [0.1, 0.15) is 72.2 Å². The minimum Gasteiger partial charge on any atom is -0.466 e. The van der Waals surface area contributed by atoms with Gasteiger partial charge in [-0.05, 0) is 103 Å². The molecule has 68 heavy (non-hydrogen) atoms. The lowest BCUT2D eigenvalue weighted by atomic mass is 9.70. The summed E-state index contributed by atoms with van der Waals surface area (Å²) in [5, 5.41) is 49.6. The Hall–Kier alpha value is -7.46. The molecule has 0 spiro atoms. The first-order valence-electron chi connectivity index (χ1n) is 22.8. The zero-order valence-electron chi connectivity index (χ0n) is 38.3. The number of carbonyl (C=O) groups is 2. The molecule has 8 aromatic carbocycles. The van der Waals surface area contributed by atoms with E-state index < -0.39 is 22.4 Å². The molecule has 0 aliphatic heterocycles. The fourth-order valence-corrected chi connectivity index (χ4v) is 10.8. The molecule has 8 heteroatoms. The molecule has 0 radical (unpaired) electrons. The van der Waals surface area contributed by atoms with Crippen LogP contribution in [0.5, 0.6) is 0 Å². The second kappa shape index (κ2) is 18.0. The predicted octanol–water partition coefficient (Wildman–Crippen LogP) is 10.8. The molecule has 0 fully saturated rings. The third-order valence-corrected chi connectivity index (χ3v) is 13.4. The number of fused-ring (bicyclic) bond motifs is 12. The molecule has 0 heterocycles. The van der Waals surface area contributed by atoms with Gasteiger partial charge < -0.3 is 29.9 Å². The molecule has 0 amide bonds. The van der Waals surface area contributed by atoms with Gasteiger partial charge in [0.15, 0.2) is 22.4 Å². The van der Waals surface area contributed by atoms with Crippen LogP contribution in [0.4, 0.5) is 0 Å². The SMILES string of the molecule is CCOC(C)=O.CCOC(C)=O.OC1(C2(O)c3ccccc3-c3ccccc32)c2ccccc2-c2ccccc21.OC1(C2(O)c3ccccc3-c3ccccc32)c2ccccc2-c2ccccc21. The summed E-state index contributed by atoms with van der Waals surface area (Å²) in [4.78, 5) is 19.6. The molecular formula is C60H52O8. The van der Waals surface area contributed by atoms with E-state index in [4.69, 9.17) is 0 Å². The van der Waals surface area contributed by atoms with Crippen molar-refractivity contribution in [2.45, 2.75) is 50.1 Å². The van der Waals surface area contributed by atoms with E-state index in [-0.39, 0.29) is 11.9 Å². The lowest BCUT2D eigenvalue weighted by Crippen LogP contribution is -2.48. The average molecular weight is 901 g/mol. The van der Waals surface area contributed by atoms with Crippen LogP contribution < -0.4 is 0 Å². The van der Waals surface area contributed by atoms with Gasteiger partial charge in [-0.1, -0.05) is 194 Å². The van der Waals surface area contributed by atoms with E-state index >= 15 is 0 Å². The molecule has 4 aliphatic carbocycles. The summed E-state index contributed by atoms with van der Waals surface area (Å²) in [6.07, 6.45) is 0. The summed E-state index contributed by atoms with van der Waals surface area (Å²) in [6, 6.07) is 62.7. The third kappa shape index (κ3) is 6.82. The molecule has 8 aromatic rings. The Balaban J connectivity index is 0.000000138. The van der Waals surface area contributed by atoms with Gasteiger partial charge in [0.25, 0.3) is 0 Å². The fourth-order valence-electron chi connectivity index (χ4n) is 10.8. The standard InChI is InChI=1S/2C26H18O2.2C4H8O2/c2*27-25(21-13-5-1-9-17(21)18-10-2-6-14-22(18)25)26(28)23-15-7-3-11-19(23)20-12-4-8-16-24(20)26;2*1-3-6-4(2)5/h2*1-16,27-28H;2*3H2,1-2H3. The quantitative estimate of drug-likeness (QED) is 0.128. The van der Waals surface area contributed by atoms with Crippen LogP contribution in [0.15, 0.2) is 194 Å². The number of rotatable bonds is 4. The molecule has 0 aromatic heterocycles. The first kappa shape index (κ1) is 45.7. The average Bonchev–Trinajstić information content (AvgIpc) is 4.00. The Morgan fingerprint density at radius 3 is 0.544 bits per heavy atom. The van der Waals surface area contributed by atoms with Gasteiger partial charge in [0.2, 0.25) is 0 Å². The molecule has 340 valence electrons. The topological polar surface area (TPSA) is 134 Å². The lowest BCUT2D eigenvalue weighted by Gasteiger charge is -2.41. The molecule has 4 N–H and O–H groups in total. The summed E-state index contributed by atoms with van der Waals surface area (Å²) in [5.74, 6) is -0.421. The zero-order chi connectivity index (χ0) is 47.8. The van der Waals surface area contributed by atoms with Gasteiger partial charge >= 0.3 is 11.9 Å². The van der Waals surface area contributed by atoms with Crippen LogP contribution in [0.3, 0.4) is 0 Å². The smallest absolute Gasteiger partial charge is 0.302 e. The normalized spacial score (nSPS) is 15.2. The second-order valence-corrected chi connectivity index (χ2v) is 17.1. The highest BCUT2D eigenvalue weighted by Crippen LogP contribution is 2.64. The van der Waals surface area contributed by atoms with Crippen molar-refractivity contribution in [3.05, 3.63) is 239 Å². The monoisotopic (exact) mass is 900 g/mol. The highest BCUT2D eigenvalue weighted by Gasteiger charge is 2.63. The van der Waals surface area contributed by atoms with Gasteiger partial charge in [-0.25, -0.2) is 0 Å². The van der Waals surface area contributed by atoms with Gasteiger partial charge in [0.1, 0.15) is 0 Å². The Morgan fingerprint density at radius 1 is 0.309 bits per heavy atom. The number of aliphatic hydroxyl groups is 4. The molecule has 0 atom stereocenters. The summed E-state index contributed by atoms with van der Waals surface area (Å²) in [6.45, 7) is 7.31. The van der Waals surface area contributed by atoms with Crippen molar-refractivity contribution in [3.63, 3.8) is 0 Å². The summed E-state index contributed by atoms with van der Waals surface area (Å²) >= 11 is 0. The van der Waals surface area contributed by atoms with Crippen LogP contribution in [0, 0.1) is 0 Å². The molecular weight excluding hydrogens is 849 g/mol. The molecule has 12 rings (SSSR count). The van der Waals surface area contributed by atoms with Crippen LogP contribution in [-0.2, 0) is 41.5 Å². The number of esters is 2. The predicted molar refractivity (Wildman–Crippen MR) is 264 cm³/mol. The molecule has 0 bridgehead atoms. The van der Waals surface area contributed by atoms with Crippen LogP contribution in [0.2, 0.25) is 0 Å². The van der Waals surface area contributed by atoms with Gasteiger partial charge in [-0.3, -0.25) is 9.59 Å². The minimum atomic E-state index is -1.58. The number of benzene rings is 8. The second-order valence-electron chi connectivity index (χ2n) is 17.1. The zero-order valence-corrected chi connectivity index (χ0v) is 38.3. The Kier molecular flexibility index (Phi) is 12.1. The Labute approximate surface area is 396 Å². The molecule has 4 aliphatic rings. The summed E-state index contributed by atoms with van der Waals surface area (Å²) < 4.78 is 8.81.